The lowest BCUT2D eigenvalue weighted by atomic mass is 10.1. The molecule has 0 radical (unpaired) electrons. The van der Waals surface area contributed by atoms with Gasteiger partial charge in [-0.3, -0.25) is 4.79 Å². The summed E-state index contributed by atoms with van der Waals surface area (Å²) < 4.78 is 5.36. The molecule has 0 spiro atoms. The maximum atomic E-state index is 11.3. The second kappa shape index (κ2) is 7.14. The molecule has 1 N–H and O–H groups in total. The van der Waals surface area contributed by atoms with E-state index in [1.54, 1.807) is 0 Å². The number of benzene rings is 2. The first-order valence-electron chi connectivity index (χ1n) is 8.05. The topological polar surface area (TPSA) is 38.3 Å². The molecule has 3 heteroatoms. The molecule has 1 aliphatic heterocycles. The smallest absolute Gasteiger partial charge is 0.262 e. The molecule has 0 aliphatic carbocycles. The third-order valence-corrected chi connectivity index (χ3v) is 3.98. The number of carbonyl (C=O) groups is 1. The Morgan fingerprint density at radius 1 is 1.13 bits per heavy atom. The quantitative estimate of drug-likeness (QED) is 0.898. The summed E-state index contributed by atoms with van der Waals surface area (Å²) in [5, 5.41) is 2.83. The van der Waals surface area contributed by atoms with Crippen LogP contribution in [0.25, 0.3) is 6.08 Å². The molecule has 2 aromatic rings. The Bertz CT molecular complexity index is 717. The first kappa shape index (κ1) is 15.3. The van der Waals surface area contributed by atoms with Crippen LogP contribution in [0.5, 0.6) is 5.75 Å². The second-order valence-electron chi connectivity index (χ2n) is 5.70. The van der Waals surface area contributed by atoms with E-state index in [0.717, 1.165) is 36.3 Å². The van der Waals surface area contributed by atoms with E-state index in [4.69, 9.17) is 4.74 Å². The number of carbonyl (C=O) groups excluding carboxylic acids is 1. The van der Waals surface area contributed by atoms with Crippen molar-refractivity contribution in [1.82, 2.24) is 0 Å². The number of fused-ring (bicyclic) bond motifs is 1. The van der Waals surface area contributed by atoms with Crippen LogP contribution in [-0.4, -0.2) is 12.5 Å². The van der Waals surface area contributed by atoms with Gasteiger partial charge in [0.05, 0.1) is 5.69 Å². The number of amides is 1. The molecule has 23 heavy (non-hydrogen) atoms. The number of aryl methyl sites for hydroxylation is 2. The molecule has 0 aromatic heterocycles. The van der Waals surface area contributed by atoms with Crippen molar-refractivity contribution < 1.29 is 9.53 Å². The van der Waals surface area contributed by atoms with E-state index in [9.17, 15) is 4.79 Å². The minimum atomic E-state index is -0.103. The molecule has 0 fully saturated rings. The number of ether oxygens (including phenoxy) is 1. The average Bonchev–Trinajstić information content (AvgIpc) is 2.59. The predicted octanol–water partition coefficient (Wildman–Crippen LogP) is 4.23. The molecule has 1 aliphatic rings. The Morgan fingerprint density at radius 2 is 1.91 bits per heavy atom. The average molecular weight is 307 g/mol. The molecule has 3 rings (SSSR count). The highest BCUT2D eigenvalue weighted by Crippen LogP contribution is 2.28. The van der Waals surface area contributed by atoms with Gasteiger partial charge in [0.1, 0.15) is 5.75 Å². The van der Waals surface area contributed by atoms with Gasteiger partial charge in [-0.1, -0.05) is 49.4 Å². The first-order chi connectivity index (χ1) is 11.2. The van der Waals surface area contributed by atoms with Gasteiger partial charge in [0.2, 0.25) is 0 Å². The standard InChI is InChI=1S/C20H21NO2/c1-2-15-7-9-16(10-8-15)5-3-4-6-17-11-12-19-18(13-17)21-20(22)14-23-19/h4,6-13H,2-3,5,14H2,1H3,(H,21,22)/b6-4+. The minimum Gasteiger partial charge on any atom is -0.482 e. The molecule has 0 saturated heterocycles. The SMILES string of the molecule is CCc1ccc(CC/C=C/c2ccc3c(c2)NC(=O)CO3)cc1. The van der Waals surface area contributed by atoms with E-state index in [1.807, 2.05) is 18.2 Å². The Labute approximate surface area is 137 Å². The van der Waals surface area contributed by atoms with E-state index in [2.05, 4.69) is 48.7 Å². The third-order valence-electron chi connectivity index (χ3n) is 3.98. The van der Waals surface area contributed by atoms with E-state index < -0.39 is 0 Å². The molecule has 0 unspecified atom stereocenters. The van der Waals surface area contributed by atoms with Gasteiger partial charge in [0, 0.05) is 0 Å². The van der Waals surface area contributed by atoms with Crippen molar-refractivity contribution in [2.45, 2.75) is 26.2 Å². The fourth-order valence-corrected chi connectivity index (χ4v) is 2.62. The summed E-state index contributed by atoms with van der Waals surface area (Å²) in [5.41, 5.74) is 4.55. The van der Waals surface area contributed by atoms with Gasteiger partial charge in [0.25, 0.3) is 5.91 Å². The molecular formula is C20H21NO2. The van der Waals surface area contributed by atoms with Crippen LogP contribution in [0.2, 0.25) is 0 Å². The van der Waals surface area contributed by atoms with E-state index in [-0.39, 0.29) is 12.5 Å². The summed E-state index contributed by atoms with van der Waals surface area (Å²) in [6.45, 7) is 2.27. The van der Waals surface area contributed by atoms with Crippen LogP contribution in [0.1, 0.15) is 30.0 Å². The molecule has 0 bridgehead atoms. The summed E-state index contributed by atoms with van der Waals surface area (Å²) >= 11 is 0. The van der Waals surface area contributed by atoms with Crippen molar-refractivity contribution in [3.05, 3.63) is 65.2 Å². The molecule has 1 amide bonds. The van der Waals surface area contributed by atoms with Crippen LogP contribution in [-0.2, 0) is 17.6 Å². The second-order valence-corrected chi connectivity index (χ2v) is 5.70. The number of allylic oxidation sites excluding steroid dienone is 1. The van der Waals surface area contributed by atoms with Gasteiger partial charge < -0.3 is 10.1 Å². The zero-order valence-electron chi connectivity index (χ0n) is 13.3. The van der Waals surface area contributed by atoms with Crippen LogP contribution in [0.3, 0.4) is 0 Å². The van der Waals surface area contributed by atoms with Crippen molar-refractivity contribution in [2.75, 3.05) is 11.9 Å². The summed E-state index contributed by atoms with van der Waals surface area (Å²) in [4.78, 5) is 11.3. The van der Waals surface area contributed by atoms with Crippen LogP contribution in [0, 0.1) is 0 Å². The Hall–Kier alpha value is -2.55. The number of anilines is 1. The molecule has 118 valence electrons. The van der Waals surface area contributed by atoms with Crippen LogP contribution >= 0.6 is 0 Å². The zero-order valence-corrected chi connectivity index (χ0v) is 13.3. The van der Waals surface area contributed by atoms with Gasteiger partial charge in [-0.2, -0.15) is 0 Å². The van der Waals surface area contributed by atoms with Gasteiger partial charge in [-0.15, -0.1) is 0 Å². The van der Waals surface area contributed by atoms with Crippen molar-refractivity contribution in [3.8, 4) is 5.75 Å². The van der Waals surface area contributed by atoms with Gasteiger partial charge in [-0.25, -0.2) is 0 Å². The highest BCUT2D eigenvalue weighted by atomic mass is 16.5. The number of hydrogen-bond donors (Lipinski definition) is 1. The highest BCUT2D eigenvalue weighted by Gasteiger charge is 2.15. The normalized spacial score (nSPS) is 13.5. The summed E-state index contributed by atoms with van der Waals surface area (Å²) in [5.74, 6) is 0.631. The largest absolute Gasteiger partial charge is 0.482 e. The van der Waals surface area contributed by atoms with Crippen molar-refractivity contribution in [1.29, 1.82) is 0 Å². The summed E-state index contributed by atoms with van der Waals surface area (Å²) in [6.07, 6.45) is 7.36. The van der Waals surface area contributed by atoms with Crippen LogP contribution < -0.4 is 10.1 Å². The molecular weight excluding hydrogens is 286 g/mol. The van der Waals surface area contributed by atoms with E-state index in [0.29, 0.717) is 0 Å². The van der Waals surface area contributed by atoms with Gasteiger partial charge in [0.15, 0.2) is 6.61 Å². The Morgan fingerprint density at radius 3 is 2.70 bits per heavy atom. The van der Waals surface area contributed by atoms with Crippen molar-refractivity contribution in [2.24, 2.45) is 0 Å². The van der Waals surface area contributed by atoms with E-state index >= 15 is 0 Å². The van der Waals surface area contributed by atoms with Crippen LogP contribution in [0.15, 0.2) is 48.5 Å². The molecule has 0 atom stereocenters. The maximum Gasteiger partial charge on any atom is 0.262 e. The van der Waals surface area contributed by atoms with E-state index in [1.165, 1.54) is 11.1 Å². The number of rotatable bonds is 5. The lowest BCUT2D eigenvalue weighted by Gasteiger charge is -2.17. The highest BCUT2D eigenvalue weighted by molar-refractivity contribution is 5.95. The lowest BCUT2D eigenvalue weighted by molar-refractivity contribution is -0.118. The lowest BCUT2D eigenvalue weighted by Crippen LogP contribution is -2.25. The summed E-state index contributed by atoms with van der Waals surface area (Å²) in [6, 6.07) is 14.7. The van der Waals surface area contributed by atoms with Crippen molar-refractivity contribution in [3.63, 3.8) is 0 Å². The molecule has 1 heterocycles. The fraction of sp³-hybridized carbons (Fsp3) is 0.250. The first-order valence-corrected chi connectivity index (χ1v) is 8.05. The summed E-state index contributed by atoms with van der Waals surface area (Å²) in [7, 11) is 0. The molecule has 2 aromatic carbocycles. The molecule has 0 saturated carbocycles. The van der Waals surface area contributed by atoms with Gasteiger partial charge >= 0.3 is 0 Å². The Kier molecular flexibility index (Phi) is 4.77. The van der Waals surface area contributed by atoms with Crippen molar-refractivity contribution >= 4 is 17.7 Å². The minimum absolute atomic E-state index is 0.0962. The third kappa shape index (κ3) is 4.01. The van der Waals surface area contributed by atoms with Gasteiger partial charge in [-0.05, 0) is 48.1 Å². The monoisotopic (exact) mass is 307 g/mol. The number of nitrogens with one attached hydrogen (secondary N) is 1. The predicted molar refractivity (Wildman–Crippen MR) is 93.7 cm³/mol. The fourth-order valence-electron chi connectivity index (χ4n) is 2.62. The zero-order chi connectivity index (χ0) is 16.1. The van der Waals surface area contributed by atoms with Crippen LogP contribution in [0.4, 0.5) is 5.69 Å². The molecule has 3 nitrogen and oxygen atoms in total. The number of hydrogen-bond acceptors (Lipinski definition) is 2. The maximum absolute atomic E-state index is 11.3. The Balaban J connectivity index is 1.57.